The minimum absolute atomic E-state index is 0.00282. The van der Waals surface area contributed by atoms with Crippen molar-refractivity contribution in [1.29, 1.82) is 0 Å². The standard InChI is InChI=1S/C25H28N2O11S/c1-6-34-20(30)14-15(28)12-7-8-13(11(2)17(12)36-21(14)31)35-22-16(29)18(19(33-5)25(3,4)38-22)37-24(32)27-23-26-9-10-39-23/h7-10,16,18-19,22,28-29H,6H2,1-5H3,(H,26,27,32)/t16-,18+,19-,22-/m1/s1. The van der Waals surface area contributed by atoms with Crippen molar-refractivity contribution in [3.8, 4) is 11.5 Å². The molecule has 1 amide bonds. The van der Waals surface area contributed by atoms with E-state index in [0.717, 1.165) is 0 Å². The number of aromatic hydroxyl groups is 1. The monoisotopic (exact) mass is 564 g/mol. The number of carbonyl (C=O) groups is 2. The Balaban J connectivity index is 1.63. The number of hydrogen-bond donors (Lipinski definition) is 3. The minimum Gasteiger partial charge on any atom is -0.506 e. The number of aromatic nitrogens is 1. The molecule has 1 saturated heterocycles. The Morgan fingerprint density at radius 1 is 1.28 bits per heavy atom. The molecule has 1 aromatic carbocycles. The number of nitrogens with one attached hydrogen (secondary N) is 1. The van der Waals surface area contributed by atoms with Crippen LogP contribution in [0.5, 0.6) is 11.5 Å². The Morgan fingerprint density at radius 3 is 2.67 bits per heavy atom. The second-order valence-corrected chi connectivity index (χ2v) is 9.98. The van der Waals surface area contributed by atoms with Crippen LogP contribution in [0.3, 0.4) is 0 Å². The van der Waals surface area contributed by atoms with Crippen LogP contribution in [0.15, 0.2) is 32.9 Å². The number of amides is 1. The quantitative estimate of drug-likeness (QED) is 0.283. The highest BCUT2D eigenvalue weighted by Gasteiger charge is 2.53. The van der Waals surface area contributed by atoms with Gasteiger partial charge in [0.1, 0.15) is 23.2 Å². The highest BCUT2D eigenvalue weighted by molar-refractivity contribution is 7.13. The number of carbonyl (C=O) groups excluding carboxylic acids is 2. The molecule has 3 aromatic rings. The number of hydrogen-bond acceptors (Lipinski definition) is 13. The lowest BCUT2D eigenvalue weighted by atomic mass is 9.89. The molecule has 0 saturated carbocycles. The van der Waals surface area contributed by atoms with E-state index in [1.807, 2.05) is 0 Å². The summed E-state index contributed by atoms with van der Waals surface area (Å²) in [5.41, 5.74) is -2.56. The van der Waals surface area contributed by atoms with Gasteiger partial charge in [0, 0.05) is 24.3 Å². The zero-order valence-corrected chi connectivity index (χ0v) is 22.6. The highest BCUT2D eigenvalue weighted by Crippen LogP contribution is 2.37. The molecule has 210 valence electrons. The molecule has 14 heteroatoms. The van der Waals surface area contributed by atoms with Gasteiger partial charge in [-0.2, -0.15) is 0 Å². The van der Waals surface area contributed by atoms with Crippen molar-refractivity contribution in [1.82, 2.24) is 4.98 Å². The summed E-state index contributed by atoms with van der Waals surface area (Å²) in [5.74, 6) is -1.47. The second-order valence-electron chi connectivity index (χ2n) is 9.09. The van der Waals surface area contributed by atoms with Crippen molar-refractivity contribution in [2.24, 2.45) is 0 Å². The molecule has 0 unspecified atom stereocenters. The van der Waals surface area contributed by atoms with Crippen LogP contribution in [0.1, 0.15) is 36.7 Å². The van der Waals surface area contributed by atoms with Gasteiger partial charge in [0.05, 0.1) is 17.6 Å². The summed E-state index contributed by atoms with van der Waals surface area (Å²) in [4.78, 5) is 41.1. The summed E-state index contributed by atoms with van der Waals surface area (Å²) < 4.78 is 33.1. The Kier molecular flexibility index (Phi) is 8.11. The zero-order valence-electron chi connectivity index (χ0n) is 21.8. The van der Waals surface area contributed by atoms with Crippen molar-refractivity contribution in [2.75, 3.05) is 19.0 Å². The zero-order chi connectivity index (χ0) is 28.5. The van der Waals surface area contributed by atoms with E-state index in [1.165, 1.54) is 36.8 Å². The van der Waals surface area contributed by atoms with Gasteiger partial charge in [-0.25, -0.2) is 19.4 Å². The van der Waals surface area contributed by atoms with Gasteiger partial charge in [0.25, 0.3) is 0 Å². The topological polar surface area (TPSA) is 176 Å². The summed E-state index contributed by atoms with van der Waals surface area (Å²) in [7, 11) is 1.39. The number of aryl methyl sites for hydroxylation is 1. The number of methoxy groups -OCH3 is 1. The first-order valence-electron chi connectivity index (χ1n) is 11.9. The molecule has 0 spiro atoms. The summed E-state index contributed by atoms with van der Waals surface area (Å²) in [5, 5.41) is 26.3. The van der Waals surface area contributed by atoms with Gasteiger partial charge < -0.3 is 38.3 Å². The predicted molar refractivity (Wildman–Crippen MR) is 137 cm³/mol. The molecule has 4 atom stereocenters. The van der Waals surface area contributed by atoms with Crippen molar-refractivity contribution in [2.45, 2.75) is 57.9 Å². The van der Waals surface area contributed by atoms with Gasteiger partial charge in [0.2, 0.25) is 6.29 Å². The molecule has 39 heavy (non-hydrogen) atoms. The fourth-order valence-electron chi connectivity index (χ4n) is 4.34. The first-order valence-corrected chi connectivity index (χ1v) is 12.7. The molecule has 3 heterocycles. The van der Waals surface area contributed by atoms with Gasteiger partial charge in [-0.15, -0.1) is 11.3 Å². The van der Waals surface area contributed by atoms with Gasteiger partial charge in [-0.05, 0) is 39.8 Å². The summed E-state index contributed by atoms with van der Waals surface area (Å²) in [6.45, 7) is 6.48. The first-order chi connectivity index (χ1) is 18.5. The Morgan fingerprint density at radius 2 is 2.03 bits per heavy atom. The van der Waals surface area contributed by atoms with E-state index in [4.69, 9.17) is 28.1 Å². The largest absolute Gasteiger partial charge is 0.506 e. The Hall–Kier alpha value is -3.72. The number of aliphatic hydroxyl groups is 1. The molecule has 0 bridgehead atoms. The molecule has 0 aliphatic carbocycles. The van der Waals surface area contributed by atoms with Gasteiger partial charge in [-0.1, -0.05) is 0 Å². The number of benzene rings is 1. The molecular formula is C25H28N2O11S. The van der Waals surface area contributed by atoms with Crippen LogP contribution in [0.4, 0.5) is 9.93 Å². The van der Waals surface area contributed by atoms with Gasteiger partial charge >= 0.3 is 17.7 Å². The van der Waals surface area contributed by atoms with E-state index in [-0.39, 0.29) is 28.9 Å². The maximum atomic E-state index is 12.5. The van der Waals surface area contributed by atoms with Crippen LogP contribution >= 0.6 is 11.3 Å². The van der Waals surface area contributed by atoms with E-state index in [0.29, 0.717) is 5.13 Å². The maximum Gasteiger partial charge on any atom is 0.413 e. The molecule has 0 radical (unpaired) electrons. The van der Waals surface area contributed by atoms with Gasteiger partial charge in [-0.3, -0.25) is 5.32 Å². The highest BCUT2D eigenvalue weighted by atomic mass is 32.1. The Bertz CT molecular complexity index is 1420. The molecule has 2 aromatic heterocycles. The number of rotatable bonds is 7. The maximum absolute atomic E-state index is 12.5. The number of fused-ring (bicyclic) bond motifs is 1. The van der Waals surface area contributed by atoms with Crippen LogP contribution in [-0.2, 0) is 18.9 Å². The van der Waals surface area contributed by atoms with E-state index >= 15 is 0 Å². The lowest BCUT2D eigenvalue weighted by Gasteiger charge is -2.47. The lowest BCUT2D eigenvalue weighted by molar-refractivity contribution is -0.304. The number of aliphatic hydroxyl groups excluding tert-OH is 1. The van der Waals surface area contributed by atoms with Crippen LogP contribution in [-0.4, -0.2) is 71.2 Å². The van der Waals surface area contributed by atoms with Crippen molar-refractivity contribution < 1.29 is 47.9 Å². The molecular weight excluding hydrogens is 536 g/mol. The summed E-state index contributed by atoms with van der Waals surface area (Å²) in [6, 6.07) is 2.83. The molecule has 4 rings (SSSR count). The average Bonchev–Trinajstić information content (AvgIpc) is 3.37. The smallest absolute Gasteiger partial charge is 0.413 e. The van der Waals surface area contributed by atoms with E-state index in [1.54, 1.807) is 33.1 Å². The summed E-state index contributed by atoms with van der Waals surface area (Å²) in [6.07, 6.45) is -4.28. The Labute approximate surface area is 226 Å². The van der Waals surface area contributed by atoms with Crippen LogP contribution < -0.4 is 15.7 Å². The van der Waals surface area contributed by atoms with Gasteiger partial charge in [0.15, 0.2) is 22.9 Å². The molecule has 1 fully saturated rings. The van der Waals surface area contributed by atoms with Crippen molar-refractivity contribution in [3.05, 3.63) is 45.3 Å². The number of nitrogens with zero attached hydrogens (tertiary/aromatic N) is 1. The molecule has 3 N–H and O–H groups in total. The predicted octanol–water partition coefficient (Wildman–Crippen LogP) is 2.95. The van der Waals surface area contributed by atoms with Crippen LogP contribution in [0.2, 0.25) is 0 Å². The van der Waals surface area contributed by atoms with Crippen LogP contribution in [0, 0.1) is 6.92 Å². The fraction of sp³-hybridized carbons (Fsp3) is 0.440. The average molecular weight is 565 g/mol. The molecule has 1 aliphatic heterocycles. The molecule has 13 nitrogen and oxygen atoms in total. The third-order valence-corrected chi connectivity index (χ3v) is 6.82. The summed E-state index contributed by atoms with van der Waals surface area (Å²) >= 11 is 1.19. The van der Waals surface area contributed by atoms with E-state index in [9.17, 15) is 24.6 Å². The SMILES string of the molecule is CCOC(=O)c1c(O)c2ccc(O[C@@H]3OC(C)(C)[C@H](OC)[C@@H](OC(=O)Nc4nccs4)[C@H]3O)c(C)c2oc1=O. The third-order valence-electron chi connectivity index (χ3n) is 6.13. The number of thiazole rings is 1. The second kappa shape index (κ2) is 11.2. The fourth-order valence-corrected chi connectivity index (χ4v) is 4.85. The number of ether oxygens (including phenoxy) is 5. The van der Waals surface area contributed by atoms with Crippen LogP contribution in [0.25, 0.3) is 11.0 Å². The van der Waals surface area contributed by atoms with E-state index < -0.39 is 59.2 Å². The lowest BCUT2D eigenvalue weighted by Crippen LogP contribution is -2.65. The van der Waals surface area contributed by atoms with E-state index in [2.05, 4.69) is 10.3 Å². The number of esters is 1. The number of anilines is 1. The minimum atomic E-state index is -1.51. The van der Waals surface area contributed by atoms with Crippen molar-refractivity contribution in [3.63, 3.8) is 0 Å². The first kappa shape index (κ1) is 28.3. The molecule has 1 aliphatic rings. The third kappa shape index (κ3) is 5.54. The van der Waals surface area contributed by atoms with Crippen molar-refractivity contribution >= 4 is 39.5 Å². The normalized spacial score (nSPS) is 22.3.